The van der Waals surface area contributed by atoms with Gasteiger partial charge in [-0.05, 0) is 24.5 Å². The van der Waals surface area contributed by atoms with Gasteiger partial charge in [0.15, 0.2) is 0 Å². The molecule has 1 aromatic rings. The topological polar surface area (TPSA) is 23.8 Å². The summed E-state index contributed by atoms with van der Waals surface area (Å²) in [4.78, 5) is 0. The summed E-state index contributed by atoms with van der Waals surface area (Å²) in [6.07, 6.45) is 6.84. The van der Waals surface area contributed by atoms with Crippen LogP contribution in [0.25, 0.3) is 5.57 Å². The van der Waals surface area contributed by atoms with Crippen molar-refractivity contribution in [2.45, 2.75) is 13.3 Å². The van der Waals surface area contributed by atoms with Crippen molar-refractivity contribution in [3.8, 4) is 6.07 Å². The Kier molecular flexibility index (Phi) is 2.43. The molecule has 1 atom stereocenters. The van der Waals surface area contributed by atoms with Gasteiger partial charge < -0.3 is 0 Å². The predicted octanol–water partition coefficient (Wildman–Crippen LogP) is 3.56. The summed E-state index contributed by atoms with van der Waals surface area (Å²) in [6, 6.07) is 12.6. The summed E-state index contributed by atoms with van der Waals surface area (Å²) >= 11 is 0. The van der Waals surface area contributed by atoms with Crippen molar-refractivity contribution in [2.75, 3.05) is 0 Å². The van der Waals surface area contributed by atoms with Crippen LogP contribution in [0.5, 0.6) is 0 Å². The summed E-state index contributed by atoms with van der Waals surface area (Å²) < 4.78 is 0. The highest BCUT2D eigenvalue weighted by Crippen LogP contribution is 2.35. The quantitative estimate of drug-likeness (QED) is 0.672. The second kappa shape index (κ2) is 3.74. The molecular weight excluding hydrogens is 182 g/mol. The fourth-order valence-corrected chi connectivity index (χ4v) is 1.82. The predicted molar refractivity (Wildman–Crippen MR) is 61.9 cm³/mol. The molecular formula is C14H13N. The first-order chi connectivity index (χ1) is 7.23. The summed E-state index contributed by atoms with van der Waals surface area (Å²) in [6.45, 7) is 1.97. The van der Waals surface area contributed by atoms with E-state index in [1.54, 1.807) is 0 Å². The maximum absolute atomic E-state index is 9.09. The number of hydrogen-bond donors (Lipinski definition) is 0. The lowest BCUT2D eigenvalue weighted by molar-refractivity contribution is 0.582. The molecule has 15 heavy (non-hydrogen) atoms. The number of benzene rings is 1. The number of nitriles is 1. The molecule has 0 amide bonds. The van der Waals surface area contributed by atoms with E-state index in [1.165, 1.54) is 11.1 Å². The van der Waals surface area contributed by atoms with Crippen molar-refractivity contribution >= 4 is 5.57 Å². The average Bonchev–Trinajstić information content (AvgIpc) is 2.30. The Morgan fingerprint density at radius 1 is 1.27 bits per heavy atom. The van der Waals surface area contributed by atoms with Crippen molar-refractivity contribution in [1.82, 2.24) is 0 Å². The van der Waals surface area contributed by atoms with Gasteiger partial charge in [0, 0.05) is 0 Å². The molecule has 0 heterocycles. The van der Waals surface area contributed by atoms with Gasteiger partial charge in [-0.2, -0.15) is 5.26 Å². The summed E-state index contributed by atoms with van der Waals surface area (Å²) in [5.41, 5.74) is 2.10. The Hall–Kier alpha value is -1.81. The highest BCUT2D eigenvalue weighted by Gasteiger charge is 2.24. The largest absolute Gasteiger partial charge is 0.197 e. The Morgan fingerprint density at radius 2 is 2.00 bits per heavy atom. The zero-order chi connectivity index (χ0) is 10.7. The first kappa shape index (κ1) is 9.73. The van der Waals surface area contributed by atoms with E-state index >= 15 is 0 Å². The van der Waals surface area contributed by atoms with Gasteiger partial charge in [-0.3, -0.25) is 0 Å². The van der Waals surface area contributed by atoms with E-state index in [2.05, 4.69) is 24.3 Å². The van der Waals surface area contributed by atoms with Crippen LogP contribution in [0.1, 0.15) is 18.9 Å². The zero-order valence-electron chi connectivity index (χ0n) is 8.77. The van der Waals surface area contributed by atoms with Gasteiger partial charge in [0.2, 0.25) is 0 Å². The third kappa shape index (κ3) is 1.99. The van der Waals surface area contributed by atoms with Crippen LogP contribution in [0.4, 0.5) is 0 Å². The van der Waals surface area contributed by atoms with Gasteiger partial charge >= 0.3 is 0 Å². The van der Waals surface area contributed by atoms with Crippen molar-refractivity contribution in [2.24, 2.45) is 5.41 Å². The maximum Gasteiger partial charge on any atom is 0.0768 e. The van der Waals surface area contributed by atoms with Crippen molar-refractivity contribution in [3.63, 3.8) is 0 Å². The second-order valence-corrected chi connectivity index (χ2v) is 4.12. The molecule has 0 bridgehead atoms. The third-order valence-electron chi connectivity index (χ3n) is 2.72. The van der Waals surface area contributed by atoms with Crippen LogP contribution < -0.4 is 0 Å². The van der Waals surface area contributed by atoms with E-state index in [-0.39, 0.29) is 5.41 Å². The third-order valence-corrected chi connectivity index (χ3v) is 2.72. The van der Waals surface area contributed by atoms with E-state index < -0.39 is 0 Å². The van der Waals surface area contributed by atoms with Gasteiger partial charge in [-0.25, -0.2) is 0 Å². The van der Waals surface area contributed by atoms with E-state index in [1.807, 2.05) is 37.3 Å². The Balaban J connectivity index is 2.31. The monoisotopic (exact) mass is 195 g/mol. The molecule has 0 aromatic heterocycles. The SMILES string of the molecule is CC1(C#N)C=CC=C(c2ccccc2)C1. The van der Waals surface area contributed by atoms with E-state index in [0.717, 1.165) is 6.42 Å². The van der Waals surface area contributed by atoms with E-state index in [0.29, 0.717) is 0 Å². The van der Waals surface area contributed by atoms with Gasteiger partial charge in [0.1, 0.15) is 0 Å². The fourth-order valence-electron chi connectivity index (χ4n) is 1.82. The lowest BCUT2D eigenvalue weighted by Gasteiger charge is -2.22. The normalized spacial score (nSPS) is 24.4. The van der Waals surface area contributed by atoms with Crippen LogP contribution in [0.15, 0.2) is 48.6 Å². The van der Waals surface area contributed by atoms with Crippen molar-refractivity contribution in [1.29, 1.82) is 5.26 Å². The van der Waals surface area contributed by atoms with Crippen molar-refractivity contribution in [3.05, 3.63) is 54.1 Å². The van der Waals surface area contributed by atoms with Gasteiger partial charge in [-0.15, -0.1) is 0 Å². The fraction of sp³-hybridized carbons (Fsp3) is 0.214. The van der Waals surface area contributed by atoms with Gasteiger partial charge in [0.05, 0.1) is 11.5 Å². The molecule has 74 valence electrons. The Morgan fingerprint density at radius 3 is 2.67 bits per heavy atom. The van der Waals surface area contributed by atoms with Crippen LogP contribution in [0, 0.1) is 16.7 Å². The molecule has 0 fully saturated rings. The lowest BCUT2D eigenvalue weighted by atomic mass is 9.79. The van der Waals surface area contributed by atoms with Crippen LogP contribution in [0.3, 0.4) is 0 Å². The summed E-state index contributed by atoms with van der Waals surface area (Å²) in [5.74, 6) is 0. The molecule has 1 unspecified atom stereocenters. The van der Waals surface area contributed by atoms with E-state index in [9.17, 15) is 0 Å². The highest BCUT2D eigenvalue weighted by molar-refractivity contribution is 5.69. The Labute approximate surface area is 90.4 Å². The van der Waals surface area contributed by atoms with Gasteiger partial charge in [0.25, 0.3) is 0 Å². The van der Waals surface area contributed by atoms with E-state index in [4.69, 9.17) is 5.26 Å². The molecule has 1 nitrogen and oxygen atoms in total. The van der Waals surface area contributed by atoms with Crippen molar-refractivity contribution < 1.29 is 0 Å². The number of rotatable bonds is 1. The molecule has 0 saturated heterocycles. The molecule has 1 heteroatoms. The zero-order valence-corrected chi connectivity index (χ0v) is 8.77. The second-order valence-electron chi connectivity index (χ2n) is 4.12. The minimum absolute atomic E-state index is 0.347. The lowest BCUT2D eigenvalue weighted by Crippen LogP contribution is -2.13. The van der Waals surface area contributed by atoms with Crippen LogP contribution in [-0.2, 0) is 0 Å². The number of allylic oxidation sites excluding steroid dienone is 4. The smallest absolute Gasteiger partial charge is 0.0768 e. The summed E-state index contributed by atoms with van der Waals surface area (Å²) in [5, 5.41) is 9.09. The molecule has 1 aromatic carbocycles. The standard InChI is InChI=1S/C14H13N/c1-14(11-15)9-5-8-13(10-14)12-6-3-2-4-7-12/h2-9H,10H2,1H3. The molecule has 1 aliphatic rings. The molecule has 0 aliphatic heterocycles. The minimum Gasteiger partial charge on any atom is -0.197 e. The highest BCUT2D eigenvalue weighted by atomic mass is 14.3. The minimum atomic E-state index is -0.347. The average molecular weight is 195 g/mol. The number of hydrogen-bond acceptors (Lipinski definition) is 1. The molecule has 0 N–H and O–H groups in total. The maximum atomic E-state index is 9.09. The molecule has 2 rings (SSSR count). The Bertz CT molecular complexity index is 448. The molecule has 0 spiro atoms. The molecule has 0 saturated carbocycles. The first-order valence-corrected chi connectivity index (χ1v) is 5.09. The number of nitrogens with zero attached hydrogens (tertiary/aromatic N) is 1. The van der Waals surface area contributed by atoms with Gasteiger partial charge in [-0.1, -0.05) is 48.6 Å². The van der Waals surface area contributed by atoms with Crippen LogP contribution >= 0.6 is 0 Å². The molecule has 1 aliphatic carbocycles. The molecule has 0 radical (unpaired) electrons. The van der Waals surface area contributed by atoms with Crippen LogP contribution in [-0.4, -0.2) is 0 Å². The summed E-state index contributed by atoms with van der Waals surface area (Å²) in [7, 11) is 0. The first-order valence-electron chi connectivity index (χ1n) is 5.09. The van der Waals surface area contributed by atoms with Crippen LogP contribution in [0.2, 0.25) is 0 Å².